The molecule has 1 aromatic carbocycles. The van der Waals surface area contributed by atoms with Gasteiger partial charge in [0.05, 0.1) is 6.54 Å². The van der Waals surface area contributed by atoms with Gasteiger partial charge in [0, 0.05) is 25.7 Å². The summed E-state index contributed by atoms with van der Waals surface area (Å²) in [5, 5.41) is 6.29. The largest absolute Gasteiger partial charge is 0.353 e. The minimum Gasteiger partial charge on any atom is -0.353 e. The van der Waals surface area contributed by atoms with Crippen molar-refractivity contribution in [2.45, 2.75) is 38.8 Å². The maximum atomic E-state index is 11.8. The second kappa shape index (κ2) is 10.2. The Morgan fingerprint density at radius 2 is 1.96 bits per heavy atom. The number of hydrogen-bond donors (Lipinski definition) is 2. The minimum atomic E-state index is 0. The van der Waals surface area contributed by atoms with Crippen LogP contribution in [0.5, 0.6) is 0 Å². The summed E-state index contributed by atoms with van der Waals surface area (Å²) >= 11 is 0. The molecule has 1 aliphatic heterocycles. The van der Waals surface area contributed by atoms with Crippen LogP contribution in [-0.2, 0) is 17.8 Å². The zero-order chi connectivity index (χ0) is 15.4. The van der Waals surface area contributed by atoms with Gasteiger partial charge in [-0.1, -0.05) is 24.3 Å². The molecule has 136 valence electrons. The van der Waals surface area contributed by atoms with Gasteiger partial charge in [0.15, 0.2) is 0 Å². The summed E-state index contributed by atoms with van der Waals surface area (Å²) in [6.45, 7) is 6.44. The Kier molecular flexibility index (Phi) is 9.06. The molecule has 1 heterocycles. The highest BCUT2D eigenvalue weighted by atomic mass is 35.5. The SMILES string of the molecule is CC(CNC(=O)CNCC1CC1)N1CCc2ccccc2C1.Cl.Cl. The average Bonchev–Trinajstić information content (AvgIpc) is 3.36. The van der Waals surface area contributed by atoms with Crippen LogP contribution in [0.1, 0.15) is 30.9 Å². The third-order valence-electron chi connectivity index (χ3n) is 4.79. The lowest BCUT2D eigenvalue weighted by Gasteiger charge is -2.33. The predicted octanol–water partition coefficient (Wildman–Crippen LogP) is 2.39. The van der Waals surface area contributed by atoms with E-state index in [0.717, 1.165) is 38.5 Å². The minimum absolute atomic E-state index is 0. The highest BCUT2D eigenvalue weighted by molar-refractivity contribution is 5.85. The first-order chi connectivity index (χ1) is 10.7. The van der Waals surface area contributed by atoms with Crippen molar-refractivity contribution in [3.63, 3.8) is 0 Å². The van der Waals surface area contributed by atoms with Crippen LogP contribution in [0, 0.1) is 5.92 Å². The predicted molar refractivity (Wildman–Crippen MR) is 103 cm³/mol. The van der Waals surface area contributed by atoms with Crippen LogP contribution in [0.2, 0.25) is 0 Å². The van der Waals surface area contributed by atoms with Gasteiger partial charge in [0.1, 0.15) is 0 Å². The van der Waals surface area contributed by atoms with E-state index >= 15 is 0 Å². The first-order valence-corrected chi connectivity index (χ1v) is 8.50. The molecule has 0 saturated heterocycles. The highest BCUT2D eigenvalue weighted by Gasteiger charge is 2.22. The van der Waals surface area contributed by atoms with E-state index in [0.29, 0.717) is 12.6 Å². The van der Waals surface area contributed by atoms with E-state index in [4.69, 9.17) is 0 Å². The van der Waals surface area contributed by atoms with Crippen molar-refractivity contribution in [1.82, 2.24) is 15.5 Å². The number of amides is 1. The van der Waals surface area contributed by atoms with Crippen LogP contribution in [0.25, 0.3) is 0 Å². The number of carbonyl (C=O) groups is 1. The molecule has 1 saturated carbocycles. The molecule has 1 atom stereocenters. The van der Waals surface area contributed by atoms with Crippen molar-refractivity contribution in [1.29, 1.82) is 0 Å². The molecule has 2 aliphatic rings. The number of hydrogen-bond acceptors (Lipinski definition) is 3. The molecule has 24 heavy (non-hydrogen) atoms. The molecule has 3 rings (SSSR count). The van der Waals surface area contributed by atoms with Gasteiger partial charge in [-0.15, -0.1) is 24.8 Å². The van der Waals surface area contributed by atoms with Crippen LogP contribution in [0.3, 0.4) is 0 Å². The van der Waals surface area contributed by atoms with Gasteiger partial charge in [0.2, 0.25) is 5.91 Å². The van der Waals surface area contributed by atoms with E-state index in [2.05, 4.69) is 46.7 Å². The standard InChI is InChI=1S/C18H27N3O.2ClH/c1-14(10-20-18(22)12-19-11-15-6-7-15)21-9-8-16-4-2-3-5-17(16)13-21;;/h2-5,14-15,19H,6-13H2,1H3,(H,20,22);2*1H. The number of halogens is 2. The maximum Gasteiger partial charge on any atom is 0.234 e. The van der Waals surface area contributed by atoms with E-state index in [-0.39, 0.29) is 30.7 Å². The molecular formula is C18H29Cl2N3O. The first-order valence-electron chi connectivity index (χ1n) is 8.50. The van der Waals surface area contributed by atoms with Crippen LogP contribution in [0.4, 0.5) is 0 Å². The molecule has 0 radical (unpaired) electrons. The third-order valence-corrected chi connectivity index (χ3v) is 4.79. The van der Waals surface area contributed by atoms with Gasteiger partial charge in [-0.2, -0.15) is 0 Å². The molecule has 2 N–H and O–H groups in total. The second-order valence-electron chi connectivity index (χ2n) is 6.72. The third kappa shape index (κ3) is 6.25. The fourth-order valence-electron chi connectivity index (χ4n) is 3.06. The Morgan fingerprint density at radius 1 is 1.25 bits per heavy atom. The highest BCUT2D eigenvalue weighted by Crippen LogP contribution is 2.27. The Hall–Kier alpha value is -0.810. The molecule has 1 unspecified atom stereocenters. The molecular weight excluding hydrogens is 345 g/mol. The topological polar surface area (TPSA) is 44.4 Å². The smallest absolute Gasteiger partial charge is 0.234 e. The molecule has 0 aromatic heterocycles. The fraction of sp³-hybridized carbons (Fsp3) is 0.611. The quantitative estimate of drug-likeness (QED) is 0.770. The Morgan fingerprint density at radius 3 is 2.67 bits per heavy atom. The zero-order valence-electron chi connectivity index (χ0n) is 14.3. The lowest BCUT2D eigenvalue weighted by molar-refractivity contribution is -0.120. The van der Waals surface area contributed by atoms with Gasteiger partial charge in [0.25, 0.3) is 0 Å². The molecule has 6 heteroatoms. The van der Waals surface area contributed by atoms with E-state index < -0.39 is 0 Å². The van der Waals surface area contributed by atoms with Crippen molar-refractivity contribution in [3.05, 3.63) is 35.4 Å². The van der Waals surface area contributed by atoms with Crippen LogP contribution >= 0.6 is 24.8 Å². The number of carbonyl (C=O) groups excluding carboxylic acids is 1. The molecule has 0 bridgehead atoms. The Bertz CT molecular complexity index is 523. The number of fused-ring (bicyclic) bond motifs is 1. The number of nitrogens with one attached hydrogen (secondary N) is 2. The van der Waals surface area contributed by atoms with Crippen LogP contribution in [-0.4, -0.2) is 43.0 Å². The van der Waals surface area contributed by atoms with Crippen molar-refractivity contribution < 1.29 is 4.79 Å². The maximum absolute atomic E-state index is 11.8. The normalized spacial score (nSPS) is 17.9. The molecule has 4 nitrogen and oxygen atoms in total. The van der Waals surface area contributed by atoms with E-state index in [9.17, 15) is 4.79 Å². The Labute approximate surface area is 157 Å². The van der Waals surface area contributed by atoms with Crippen molar-refractivity contribution in [2.24, 2.45) is 5.92 Å². The second-order valence-corrected chi connectivity index (χ2v) is 6.72. The fourth-order valence-corrected chi connectivity index (χ4v) is 3.06. The molecule has 0 spiro atoms. The van der Waals surface area contributed by atoms with Crippen molar-refractivity contribution in [2.75, 3.05) is 26.2 Å². The first kappa shape index (κ1) is 21.2. The summed E-state index contributed by atoms with van der Waals surface area (Å²) in [5.41, 5.74) is 2.90. The molecule has 1 aliphatic carbocycles. The summed E-state index contributed by atoms with van der Waals surface area (Å²) in [6, 6.07) is 9.05. The molecule has 1 aromatic rings. The van der Waals surface area contributed by atoms with Crippen molar-refractivity contribution >= 4 is 30.7 Å². The zero-order valence-corrected chi connectivity index (χ0v) is 15.9. The summed E-state index contributed by atoms with van der Waals surface area (Å²) in [5.74, 6) is 0.935. The lowest BCUT2D eigenvalue weighted by Crippen LogP contribution is -2.46. The van der Waals surface area contributed by atoms with E-state index in [1.165, 1.54) is 24.0 Å². The number of benzene rings is 1. The van der Waals surface area contributed by atoms with Gasteiger partial charge in [-0.25, -0.2) is 0 Å². The number of rotatable bonds is 7. The Balaban J connectivity index is 0.00000144. The number of nitrogens with zero attached hydrogens (tertiary/aromatic N) is 1. The molecule has 1 fully saturated rings. The average molecular weight is 374 g/mol. The summed E-state index contributed by atoms with van der Waals surface area (Å²) in [4.78, 5) is 14.3. The van der Waals surface area contributed by atoms with Crippen LogP contribution < -0.4 is 10.6 Å². The molecule has 1 amide bonds. The lowest BCUT2D eigenvalue weighted by atomic mass is 9.99. The summed E-state index contributed by atoms with van der Waals surface area (Å²) in [7, 11) is 0. The summed E-state index contributed by atoms with van der Waals surface area (Å²) in [6.07, 6.45) is 3.75. The van der Waals surface area contributed by atoms with Gasteiger partial charge in [-0.3, -0.25) is 9.69 Å². The summed E-state index contributed by atoms with van der Waals surface area (Å²) < 4.78 is 0. The van der Waals surface area contributed by atoms with Crippen molar-refractivity contribution in [3.8, 4) is 0 Å². The monoisotopic (exact) mass is 373 g/mol. The van der Waals surface area contributed by atoms with Gasteiger partial charge < -0.3 is 10.6 Å². The van der Waals surface area contributed by atoms with Crippen LogP contribution in [0.15, 0.2) is 24.3 Å². The van der Waals surface area contributed by atoms with E-state index in [1.54, 1.807) is 0 Å². The van der Waals surface area contributed by atoms with Gasteiger partial charge >= 0.3 is 0 Å². The van der Waals surface area contributed by atoms with E-state index in [1.807, 2.05) is 0 Å². The van der Waals surface area contributed by atoms with Gasteiger partial charge in [-0.05, 0) is 49.8 Å².